The monoisotopic (exact) mass is 1110 g/mol. The van der Waals surface area contributed by atoms with Crippen LogP contribution < -0.4 is 0 Å². The molecule has 1 unspecified atom stereocenters. The quantitative estimate of drug-likeness (QED) is 0.0261. The molecule has 0 amide bonds. The maximum Gasteiger partial charge on any atom is 0.306 e. The molecule has 458 valence electrons. The fourth-order valence-electron chi connectivity index (χ4n) is 9.52. The standard InChI is InChI=1S/C74H126O6/c1-4-7-10-13-16-19-22-25-28-30-32-34-36-37-38-40-41-43-46-49-52-55-58-61-64-67-73(76)79-70-71(69-78-72(75)66-63-60-57-54-51-48-45-27-24-21-18-15-12-9-6-3)80-74(77)68-65-62-59-56-53-50-47-44-42-39-35-33-31-29-26-23-20-17-14-11-8-5-2/h7,9-10,12,16,18-19,21,25,27-28,32,34,37-38,45,51,54,71H,4-6,8,11,13-15,17,20,22-24,26,29-31,33,35-36,39-44,46-50,52-53,55-70H2,1-3H3/b10-7-,12-9-,19-16-,21-18-,28-25-,34-32-,38-37-,45-27-,54-51-. The van der Waals surface area contributed by atoms with Crippen LogP contribution in [0.3, 0.4) is 0 Å². The van der Waals surface area contributed by atoms with Gasteiger partial charge in [0.1, 0.15) is 13.2 Å². The van der Waals surface area contributed by atoms with Gasteiger partial charge in [-0.1, -0.05) is 310 Å². The Kier molecular flexibility index (Phi) is 64.3. The Morgan fingerprint density at radius 2 is 0.487 bits per heavy atom. The van der Waals surface area contributed by atoms with Gasteiger partial charge in [0.05, 0.1) is 0 Å². The van der Waals surface area contributed by atoms with E-state index in [2.05, 4.69) is 130 Å². The summed E-state index contributed by atoms with van der Waals surface area (Å²) in [5.41, 5.74) is 0. The number of allylic oxidation sites excluding steroid dienone is 18. The molecule has 1 atom stereocenters. The summed E-state index contributed by atoms with van der Waals surface area (Å²) in [6.45, 7) is 6.41. The Labute approximate surface area is 495 Å². The van der Waals surface area contributed by atoms with Gasteiger partial charge in [-0.3, -0.25) is 14.4 Å². The van der Waals surface area contributed by atoms with Crippen LogP contribution in [0.25, 0.3) is 0 Å². The van der Waals surface area contributed by atoms with E-state index >= 15 is 0 Å². The summed E-state index contributed by atoms with van der Waals surface area (Å²) in [7, 11) is 0. The van der Waals surface area contributed by atoms with E-state index in [1.54, 1.807) is 0 Å². The molecule has 0 spiro atoms. The molecule has 0 N–H and O–H groups in total. The van der Waals surface area contributed by atoms with Gasteiger partial charge in [-0.2, -0.15) is 0 Å². The molecular weight excluding hydrogens is 985 g/mol. The van der Waals surface area contributed by atoms with Crippen molar-refractivity contribution in [2.45, 2.75) is 329 Å². The molecule has 0 aliphatic rings. The lowest BCUT2D eigenvalue weighted by molar-refractivity contribution is -0.167. The van der Waals surface area contributed by atoms with Crippen LogP contribution in [0.15, 0.2) is 109 Å². The number of hydrogen-bond acceptors (Lipinski definition) is 6. The zero-order chi connectivity index (χ0) is 57.8. The van der Waals surface area contributed by atoms with Gasteiger partial charge in [0.15, 0.2) is 6.10 Å². The molecular formula is C74H126O6. The molecule has 0 aliphatic heterocycles. The van der Waals surface area contributed by atoms with E-state index in [9.17, 15) is 14.4 Å². The molecule has 0 saturated heterocycles. The van der Waals surface area contributed by atoms with Crippen molar-refractivity contribution in [3.05, 3.63) is 109 Å². The molecule has 0 radical (unpaired) electrons. The summed E-state index contributed by atoms with van der Waals surface area (Å²) in [5, 5.41) is 0. The smallest absolute Gasteiger partial charge is 0.306 e. The lowest BCUT2D eigenvalue weighted by Crippen LogP contribution is -2.30. The van der Waals surface area contributed by atoms with Gasteiger partial charge in [0, 0.05) is 19.3 Å². The molecule has 0 rings (SSSR count). The van der Waals surface area contributed by atoms with E-state index in [1.807, 2.05) is 0 Å². The highest BCUT2D eigenvalue weighted by atomic mass is 16.6. The van der Waals surface area contributed by atoms with E-state index in [4.69, 9.17) is 14.2 Å². The van der Waals surface area contributed by atoms with E-state index in [0.717, 1.165) is 122 Å². The number of carbonyl (C=O) groups excluding carboxylic acids is 3. The molecule has 6 nitrogen and oxygen atoms in total. The first-order valence-corrected chi connectivity index (χ1v) is 33.9. The van der Waals surface area contributed by atoms with E-state index < -0.39 is 6.10 Å². The number of rotatable bonds is 61. The van der Waals surface area contributed by atoms with Crippen LogP contribution >= 0.6 is 0 Å². The van der Waals surface area contributed by atoms with Gasteiger partial charge in [0.2, 0.25) is 0 Å². The third-order valence-corrected chi connectivity index (χ3v) is 14.5. The Balaban J connectivity index is 4.37. The SMILES string of the molecule is CC/C=C\C/C=C\C/C=C\C/C=C\C/C=C\CCCCCCCCCCCC(=O)OCC(COC(=O)CCCC/C=C\C/C=C\C/C=C\C/C=C\CC)OC(=O)CCCCCCCCCCCCCCCCCCCCCCCC. The van der Waals surface area contributed by atoms with Gasteiger partial charge >= 0.3 is 17.9 Å². The number of esters is 3. The van der Waals surface area contributed by atoms with Crippen LogP contribution in [0.4, 0.5) is 0 Å². The second kappa shape index (κ2) is 67.6. The lowest BCUT2D eigenvalue weighted by atomic mass is 10.0. The van der Waals surface area contributed by atoms with Crippen LogP contribution in [0.5, 0.6) is 0 Å². The lowest BCUT2D eigenvalue weighted by Gasteiger charge is -2.18. The van der Waals surface area contributed by atoms with Gasteiger partial charge in [-0.15, -0.1) is 0 Å². The number of hydrogen-bond donors (Lipinski definition) is 0. The number of ether oxygens (including phenoxy) is 3. The zero-order valence-electron chi connectivity index (χ0n) is 52.6. The molecule has 0 aromatic carbocycles. The van der Waals surface area contributed by atoms with Crippen LogP contribution in [0.2, 0.25) is 0 Å². The van der Waals surface area contributed by atoms with Crippen molar-refractivity contribution in [2.75, 3.05) is 13.2 Å². The van der Waals surface area contributed by atoms with E-state index in [-0.39, 0.29) is 31.1 Å². The molecule has 0 aromatic heterocycles. The van der Waals surface area contributed by atoms with Crippen LogP contribution in [0, 0.1) is 0 Å². The van der Waals surface area contributed by atoms with Crippen molar-refractivity contribution < 1.29 is 28.6 Å². The Hall–Kier alpha value is -3.93. The fourth-order valence-corrected chi connectivity index (χ4v) is 9.52. The van der Waals surface area contributed by atoms with Crippen molar-refractivity contribution in [1.29, 1.82) is 0 Å². The average Bonchev–Trinajstić information content (AvgIpc) is 3.46. The van der Waals surface area contributed by atoms with Crippen molar-refractivity contribution in [2.24, 2.45) is 0 Å². The maximum absolute atomic E-state index is 12.9. The predicted molar refractivity (Wildman–Crippen MR) is 348 cm³/mol. The molecule has 0 aliphatic carbocycles. The Morgan fingerprint density at radius 3 is 0.787 bits per heavy atom. The van der Waals surface area contributed by atoms with Crippen molar-refractivity contribution >= 4 is 17.9 Å². The summed E-state index contributed by atoms with van der Waals surface area (Å²) in [4.78, 5) is 38.4. The maximum atomic E-state index is 12.9. The minimum Gasteiger partial charge on any atom is -0.462 e. The number of carbonyl (C=O) groups is 3. The first-order chi connectivity index (χ1) is 39.5. The highest BCUT2D eigenvalue weighted by Crippen LogP contribution is 2.17. The summed E-state index contributed by atoms with van der Waals surface area (Å²) < 4.78 is 16.9. The molecule has 0 aromatic rings. The fraction of sp³-hybridized carbons (Fsp3) is 0.716. The highest BCUT2D eigenvalue weighted by molar-refractivity contribution is 5.71. The minimum atomic E-state index is -0.799. The molecule has 0 heterocycles. The summed E-state index contributed by atoms with van der Waals surface area (Å²) >= 11 is 0. The molecule has 0 fully saturated rings. The summed E-state index contributed by atoms with van der Waals surface area (Å²) in [6, 6.07) is 0. The van der Waals surface area contributed by atoms with E-state index in [0.29, 0.717) is 19.3 Å². The molecule has 0 saturated carbocycles. The van der Waals surface area contributed by atoms with Gasteiger partial charge < -0.3 is 14.2 Å². The largest absolute Gasteiger partial charge is 0.462 e. The third-order valence-electron chi connectivity index (χ3n) is 14.5. The second-order valence-corrected chi connectivity index (χ2v) is 22.3. The normalized spacial score (nSPS) is 12.8. The minimum absolute atomic E-state index is 0.0931. The van der Waals surface area contributed by atoms with Crippen molar-refractivity contribution in [1.82, 2.24) is 0 Å². The topological polar surface area (TPSA) is 78.9 Å². The van der Waals surface area contributed by atoms with Crippen LogP contribution in [-0.2, 0) is 28.6 Å². The van der Waals surface area contributed by atoms with Crippen LogP contribution in [0.1, 0.15) is 323 Å². The molecule has 0 bridgehead atoms. The van der Waals surface area contributed by atoms with Gasteiger partial charge in [0.25, 0.3) is 0 Å². The average molecular weight is 1110 g/mol. The van der Waals surface area contributed by atoms with Crippen LogP contribution in [-0.4, -0.2) is 37.2 Å². The van der Waals surface area contributed by atoms with Crippen molar-refractivity contribution in [3.63, 3.8) is 0 Å². The summed E-state index contributed by atoms with van der Waals surface area (Å²) in [6.07, 6.45) is 92.5. The first-order valence-electron chi connectivity index (χ1n) is 33.9. The summed E-state index contributed by atoms with van der Waals surface area (Å²) in [5.74, 6) is -0.928. The highest BCUT2D eigenvalue weighted by Gasteiger charge is 2.19. The Bertz CT molecular complexity index is 1610. The zero-order valence-corrected chi connectivity index (χ0v) is 52.6. The third kappa shape index (κ3) is 64.9. The Morgan fingerprint density at radius 1 is 0.263 bits per heavy atom. The first kappa shape index (κ1) is 76.1. The number of unbranched alkanes of at least 4 members (excludes halogenated alkanes) is 32. The van der Waals surface area contributed by atoms with Gasteiger partial charge in [-0.25, -0.2) is 0 Å². The molecule has 80 heavy (non-hydrogen) atoms. The van der Waals surface area contributed by atoms with Crippen molar-refractivity contribution in [3.8, 4) is 0 Å². The second-order valence-electron chi connectivity index (χ2n) is 22.3. The predicted octanol–water partition coefficient (Wildman–Crippen LogP) is 23.4. The van der Waals surface area contributed by atoms with Gasteiger partial charge in [-0.05, 0) is 103 Å². The van der Waals surface area contributed by atoms with E-state index in [1.165, 1.54) is 161 Å². The molecule has 6 heteroatoms.